The first-order valence-corrected chi connectivity index (χ1v) is 15.1. The Hall–Kier alpha value is -0.0200. The maximum Gasteiger partial charge on any atom is 0.331 e. The summed E-state index contributed by atoms with van der Waals surface area (Å²) >= 11 is 1.41. The van der Waals surface area contributed by atoms with Gasteiger partial charge in [-0.1, -0.05) is 103 Å². The molecule has 0 aromatic heterocycles. The van der Waals surface area contributed by atoms with Gasteiger partial charge in [0.15, 0.2) is 0 Å². The molecule has 0 aromatic carbocycles. The molecule has 3 nitrogen and oxygen atoms in total. The van der Waals surface area contributed by atoms with Crippen molar-refractivity contribution >= 4 is 21.9 Å². The molecule has 0 fully saturated rings. The fraction of sp³-hybridized carbons (Fsp3) is 1.00. The van der Waals surface area contributed by atoms with Crippen LogP contribution in [0.25, 0.3) is 0 Å². The number of halogens is 4. The zero-order valence-corrected chi connectivity index (χ0v) is 21.4. The third-order valence-electron chi connectivity index (χ3n) is 5.37. The van der Waals surface area contributed by atoms with E-state index in [1.807, 2.05) is 0 Å². The molecule has 194 valence electrons. The minimum absolute atomic E-state index is 0.210. The highest BCUT2D eigenvalue weighted by molar-refractivity contribution is 8.00. The molecule has 0 aromatic rings. The van der Waals surface area contributed by atoms with Crippen molar-refractivity contribution < 1.29 is 30.2 Å². The van der Waals surface area contributed by atoms with E-state index in [-0.39, 0.29) is 5.75 Å². The van der Waals surface area contributed by atoms with Crippen molar-refractivity contribution in [2.45, 2.75) is 122 Å². The van der Waals surface area contributed by atoms with Crippen LogP contribution in [-0.4, -0.2) is 44.6 Å². The van der Waals surface area contributed by atoms with Gasteiger partial charge >= 0.3 is 12.3 Å². The topological polar surface area (TPSA) is 43.4 Å². The Kier molecular flexibility index (Phi) is 20.3. The molecule has 0 aliphatic rings. The molecule has 0 aliphatic heterocycles. The summed E-state index contributed by atoms with van der Waals surface area (Å²) in [5.41, 5.74) is 0. The van der Waals surface area contributed by atoms with E-state index in [9.17, 15) is 26.0 Å². The molecule has 0 rings (SSSR count). The summed E-state index contributed by atoms with van der Waals surface area (Å²) in [4.78, 5) is 0. The second-order valence-corrected chi connectivity index (χ2v) is 11.5. The molecular weight excluding hydrogens is 464 g/mol. The van der Waals surface area contributed by atoms with Gasteiger partial charge in [0, 0.05) is 5.75 Å². The first-order valence-electron chi connectivity index (χ1n) is 12.3. The van der Waals surface area contributed by atoms with Crippen LogP contribution in [0.1, 0.15) is 110 Å². The van der Waals surface area contributed by atoms with Gasteiger partial charge in [-0.25, -0.2) is 8.78 Å². The van der Waals surface area contributed by atoms with Crippen LogP contribution >= 0.6 is 11.8 Å². The first-order chi connectivity index (χ1) is 15.2. The lowest BCUT2D eigenvalue weighted by atomic mass is 10.0. The molecule has 0 saturated heterocycles. The van der Waals surface area contributed by atoms with Gasteiger partial charge in [-0.15, -0.1) is 0 Å². The average Bonchev–Trinajstić information content (AvgIpc) is 2.74. The van der Waals surface area contributed by atoms with Gasteiger partial charge in [-0.3, -0.25) is 4.18 Å². The van der Waals surface area contributed by atoms with Gasteiger partial charge < -0.3 is 0 Å². The Morgan fingerprint density at radius 3 is 1.53 bits per heavy atom. The molecule has 0 aliphatic carbocycles. The summed E-state index contributed by atoms with van der Waals surface area (Å²) in [6.07, 6.45) is 16.7. The molecule has 0 unspecified atom stereocenters. The molecule has 9 heteroatoms. The fourth-order valence-corrected chi connectivity index (χ4v) is 5.66. The van der Waals surface area contributed by atoms with Crippen LogP contribution < -0.4 is 0 Å². The minimum atomic E-state index is -4.45. The summed E-state index contributed by atoms with van der Waals surface area (Å²) in [7, 11) is -4.21. The highest BCUT2D eigenvalue weighted by atomic mass is 32.2. The van der Waals surface area contributed by atoms with Crippen molar-refractivity contribution in [2.75, 3.05) is 23.9 Å². The summed E-state index contributed by atoms with van der Waals surface area (Å²) in [6.45, 7) is 0.439. The van der Waals surface area contributed by atoms with E-state index < -0.39 is 34.8 Å². The van der Waals surface area contributed by atoms with Gasteiger partial charge in [0.05, 0.1) is 5.75 Å². The fourth-order valence-electron chi connectivity index (χ4n) is 3.31. The van der Waals surface area contributed by atoms with Gasteiger partial charge in [-0.2, -0.15) is 29.0 Å². The SMILES string of the molecule is CCCCCCCCCCCCCCCCCCSCCS(=O)(=O)OCC(F)(F)C(F)F. The number of thioether (sulfide) groups is 1. The van der Waals surface area contributed by atoms with E-state index in [2.05, 4.69) is 11.1 Å². The summed E-state index contributed by atoms with van der Waals surface area (Å²) in [6, 6.07) is 0. The molecule has 0 N–H and O–H groups in total. The van der Waals surface area contributed by atoms with Crippen molar-refractivity contribution in [1.29, 1.82) is 0 Å². The predicted octanol–water partition coefficient (Wildman–Crippen LogP) is 8.23. The van der Waals surface area contributed by atoms with Gasteiger partial charge in [-0.05, 0) is 12.2 Å². The van der Waals surface area contributed by atoms with Gasteiger partial charge in [0.25, 0.3) is 10.1 Å². The maximum absolute atomic E-state index is 12.7. The van der Waals surface area contributed by atoms with Crippen LogP contribution in [-0.2, 0) is 14.3 Å². The van der Waals surface area contributed by atoms with Crippen LogP contribution in [0.2, 0.25) is 0 Å². The quantitative estimate of drug-likeness (QED) is 0.0748. The van der Waals surface area contributed by atoms with Crippen LogP contribution in [0.5, 0.6) is 0 Å². The molecule has 0 saturated carbocycles. The molecule has 0 atom stereocenters. The van der Waals surface area contributed by atoms with E-state index in [1.165, 1.54) is 102 Å². The largest absolute Gasteiger partial charge is 0.331 e. The van der Waals surface area contributed by atoms with Gasteiger partial charge in [0.1, 0.15) is 6.61 Å². The Balaban J connectivity index is 3.36. The van der Waals surface area contributed by atoms with Crippen LogP contribution in [0.15, 0.2) is 0 Å². The smallest absolute Gasteiger partial charge is 0.263 e. The lowest BCUT2D eigenvalue weighted by Gasteiger charge is -2.14. The van der Waals surface area contributed by atoms with E-state index in [0.29, 0.717) is 0 Å². The van der Waals surface area contributed by atoms with E-state index >= 15 is 0 Å². The van der Waals surface area contributed by atoms with Crippen molar-refractivity contribution in [3.63, 3.8) is 0 Å². The van der Waals surface area contributed by atoms with E-state index in [1.54, 1.807) is 0 Å². The number of hydrogen-bond acceptors (Lipinski definition) is 4. The van der Waals surface area contributed by atoms with E-state index in [0.717, 1.165) is 18.6 Å². The number of rotatable bonds is 24. The Labute approximate surface area is 198 Å². The van der Waals surface area contributed by atoms with Crippen LogP contribution in [0.4, 0.5) is 17.6 Å². The number of hydrogen-bond donors (Lipinski definition) is 0. The second-order valence-electron chi connectivity index (χ2n) is 8.50. The zero-order chi connectivity index (χ0) is 24.1. The van der Waals surface area contributed by atoms with Gasteiger partial charge in [0.2, 0.25) is 0 Å². The maximum atomic E-state index is 12.7. The summed E-state index contributed by atoms with van der Waals surface area (Å²) in [5, 5.41) is 0. The molecule has 0 amide bonds. The summed E-state index contributed by atoms with van der Waals surface area (Å²) in [5.74, 6) is -3.90. The van der Waals surface area contributed by atoms with Crippen molar-refractivity contribution in [1.82, 2.24) is 0 Å². The Bertz CT molecular complexity index is 517. The monoisotopic (exact) mass is 508 g/mol. The van der Waals surface area contributed by atoms with E-state index in [4.69, 9.17) is 0 Å². The third-order valence-corrected chi connectivity index (χ3v) is 7.88. The normalized spacial score (nSPS) is 12.7. The lowest BCUT2D eigenvalue weighted by Crippen LogP contribution is -2.34. The standard InChI is InChI=1S/C23H44F4O3S2/c1-2-3-4-5-6-7-8-9-10-11-12-13-14-15-16-17-18-31-19-20-32(28,29)30-21-23(26,27)22(24)25/h22H,2-21H2,1H3. The molecule has 0 heterocycles. The van der Waals surface area contributed by atoms with Crippen LogP contribution in [0, 0.1) is 0 Å². The van der Waals surface area contributed by atoms with Crippen molar-refractivity contribution in [3.05, 3.63) is 0 Å². The second kappa shape index (κ2) is 20.4. The zero-order valence-electron chi connectivity index (χ0n) is 19.8. The Morgan fingerprint density at radius 2 is 1.12 bits per heavy atom. The molecule has 32 heavy (non-hydrogen) atoms. The van der Waals surface area contributed by atoms with Crippen LogP contribution in [0.3, 0.4) is 0 Å². The number of unbranched alkanes of at least 4 members (excludes halogenated alkanes) is 15. The average molecular weight is 509 g/mol. The minimum Gasteiger partial charge on any atom is -0.263 e. The Morgan fingerprint density at radius 1 is 0.719 bits per heavy atom. The molecular formula is C23H44F4O3S2. The summed E-state index contributed by atoms with van der Waals surface area (Å²) < 4.78 is 76.3. The predicted molar refractivity (Wildman–Crippen MR) is 128 cm³/mol. The molecule has 0 bridgehead atoms. The molecule has 0 radical (unpaired) electrons. The molecule has 0 spiro atoms. The highest BCUT2D eigenvalue weighted by Crippen LogP contribution is 2.24. The van der Waals surface area contributed by atoms with Crippen molar-refractivity contribution in [3.8, 4) is 0 Å². The lowest BCUT2D eigenvalue weighted by molar-refractivity contribution is -0.147. The third kappa shape index (κ3) is 20.6. The van der Waals surface area contributed by atoms with Crippen molar-refractivity contribution in [2.24, 2.45) is 0 Å². The highest BCUT2D eigenvalue weighted by Gasteiger charge is 2.42. The first kappa shape index (κ1) is 32.0. The number of alkyl halides is 4.